The summed E-state index contributed by atoms with van der Waals surface area (Å²) >= 11 is 0. The van der Waals surface area contributed by atoms with Crippen LogP contribution in [0.1, 0.15) is 24.5 Å². The second-order valence-electron chi connectivity index (χ2n) is 4.56. The number of hydrogen-bond donors (Lipinski definition) is 2. The molecule has 1 aromatic rings. The summed E-state index contributed by atoms with van der Waals surface area (Å²) in [5.74, 6) is 0.988. The Morgan fingerprint density at radius 1 is 1.42 bits per heavy atom. The molecular formula is C12H19F3N2O2. The number of aryl methyl sites for hydroxylation is 1. The normalized spacial score (nSPS) is 15.8. The summed E-state index contributed by atoms with van der Waals surface area (Å²) in [5, 5.41) is 8.94. The molecule has 0 aliphatic heterocycles. The second kappa shape index (κ2) is 6.40. The molecule has 0 aliphatic carbocycles. The molecule has 3 N–H and O–H groups in total. The van der Waals surface area contributed by atoms with Crippen molar-refractivity contribution in [2.24, 2.45) is 5.73 Å². The summed E-state index contributed by atoms with van der Waals surface area (Å²) in [4.78, 5) is 1.09. The number of nitrogens with two attached hydrogens (primary N) is 1. The summed E-state index contributed by atoms with van der Waals surface area (Å²) in [6.07, 6.45) is -4.36. The van der Waals surface area contributed by atoms with E-state index in [1.807, 2.05) is 0 Å². The molecule has 1 heterocycles. The van der Waals surface area contributed by atoms with Gasteiger partial charge in [-0.3, -0.25) is 4.90 Å². The fourth-order valence-corrected chi connectivity index (χ4v) is 2.06. The fraction of sp³-hybridized carbons (Fsp3) is 0.667. The Morgan fingerprint density at radius 3 is 2.42 bits per heavy atom. The molecule has 4 nitrogen and oxygen atoms in total. The molecule has 110 valence electrons. The van der Waals surface area contributed by atoms with Gasteiger partial charge in [0.2, 0.25) is 0 Å². The number of hydrogen-bond acceptors (Lipinski definition) is 4. The van der Waals surface area contributed by atoms with E-state index in [0.29, 0.717) is 11.5 Å². The number of aliphatic hydroxyl groups is 1. The highest BCUT2D eigenvalue weighted by atomic mass is 19.4. The van der Waals surface area contributed by atoms with Crippen molar-refractivity contribution in [3.8, 4) is 0 Å². The van der Waals surface area contributed by atoms with Gasteiger partial charge in [0.25, 0.3) is 0 Å². The van der Waals surface area contributed by atoms with Gasteiger partial charge in [0, 0.05) is 12.6 Å². The van der Waals surface area contributed by atoms with Crippen LogP contribution in [-0.2, 0) is 0 Å². The summed E-state index contributed by atoms with van der Waals surface area (Å²) in [7, 11) is 0. The van der Waals surface area contributed by atoms with Crippen LogP contribution in [0, 0.1) is 6.92 Å². The van der Waals surface area contributed by atoms with Gasteiger partial charge in [-0.15, -0.1) is 0 Å². The van der Waals surface area contributed by atoms with Gasteiger partial charge in [0.1, 0.15) is 11.5 Å². The van der Waals surface area contributed by atoms with E-state index in [0.717, 1.165) is 4.90 Å². The Kier molecular flexibility index (Phi) is 5.39. The van der Waals surface area contributed by atoms with Crippen molar-refractivity contribution in [2.45, 2.75) is 32.1 Å². The van der Waals surface area contributed by atoms with Crippen LogP contribution in [0.5, 0.6) is 0 Å². The van der Waals surface area contributed by atoms with Crippen LogP contribution in [0.15, 0.2) is 16.5 Å². The first-order chi connectivity index (χ1) is 8.74. The Labute approximate surface area is 110 Å². The number of furan rings is 1. The zero-order valence-electron chi connectivity index (χ0n) is 10.9. The Hall–Kier alpha value is -1.05. The Morgan fingerprint density at radius 2 is 2.05 bits per heavy atom. The number of alkyl halides is 3. The molecule has 19 heavy (non-hydrogen) atoms. The molecule has 1 rings (SSSR count). The van der Waals surface area contributed by atoms with Gasteiger partial charge in [-0.05, 0) is 26.0 Å². The minimum atomic E-state index is -4.36. The van der Waals surface area contributed by atoms with Crippen LogP contribution in [0.4, 0.5) is 13.2 Å². The van der Waals surface area contributed by atoms with Crippen LogP contribution in [0.3, 0.4) is 0 Å². The molecule has 0 saturated carbocycles. The van der Waals surface area contributed by atoms with Gasteiger partial charge in [0.15, 0.2) is 0 Å². The molecule has 2 unspecified atom stereocenters. The van der Waals surface area contributed by atoms with E-state index in [9.17, 15) is 13.2 Å². The molecular weight excluding hydrogens is 261 g/mol. The van der Waals surface area contributed by atoms with Crippen LogP contribution in [-0.4, -0.2) is 41.9 Å². The first kappa shape index (κ1) is 16.0. The van der Waals surface area contributed by atoms with E-state index in [1.165, 1.54) is 0 Å². The van der Waals surface area contributed by atoms with Gasteiger partial charge in [-0.1, -0.05) is 0 Å². The summed E-state index contributed by atoms with van der Waals surface area (Å²) in [6.45, 7) is 1.69. The predicted molar refractivity (Wildman–Crippen MR) is 64.5 cm³/mol. The average molecular weight is 280 g/mol. The maximum atomic E-state index is 12.6. The van der Waals surface area contributed by atoms with Crippen molar-refractivity contribution in [1.82, 2.24) is 4.90 Å². The van der Waals surface area contributed by atoms with Crippen molar-refractivity contribution in [3.05, 3.63) is 23.7 Å². The molecule has 7 heteroatoms. The van der Waals surface area contributed by atoms with Crippen LogP contribution in [0.25, 0.3) is 0 Å². The van der Waals surface area contributed by atoms with Crippen molar-refractivity contribution in [3.63, 3.8) is 0 Å². The monoisotopic (exact) mass is 280 g/mol. The van der Waals surface area contributed by atoms with Gasteiger partial charge in [-0.2, -0.15) is 13.2 Å². The molecule has 0 bridgehead atoms. The number of aliphatic hydroxyl groups excluding tert-OH is 1. The fourth-order valence-electron chi connectivity index (χ4n) is 2.06. The lowest BCUT2D eigenvalue weighted by atomic mass is 10.1. The van der Waals surface area contributed by atoms with Gasteiger partial charge < -0.3 is 15.3 Å². The largest absolute Gasteiger partial charge is 0.465 e. The highest BCUT2D eigenvalue weighted by molar-refractivity contribution is 5.12. The van der Waals surface area contributed by atoms with Gasteiger partial charge >= 0.3 is 6.18 Å². The molecule has 0 fully saturated rings. The standard InChI is InChI=1S/C12H19F3N2O2/c1-8-3-4-10(19-8)11(9(2)16)17(5-6-18)7-12(13,14)15/h3-4,9,11,18H,5-7,16H2,1-2H3. The van der Waals surface area contributed by atoms with Crippen molar-refractivity contribution >= 4 is 0 Å². The number of nitrogens with zero attached hydrogens (tertiary/aromatic N) is 1. The average Bonchev–Trinajstić information content (AvgIpc) is 2.62. The first-order valence-electron chi connectivity index (χ1n) is 5.98. The van der Waals surface area contributed by atoms with E-state index in [-0.39, 0.29) is 13.2 Å². The second-order valence-corrected chi connectivity index (χ2v) is 4.56. The summed E-state index contributed by atoms with van der Waals surface area (Å²) in [6, 6.07) is 2.02. The minimum absolute atomic E-state index is 0.120. The van der Waals surface area contributed by atoms with E-state index >= 15 is 0 Å². The third-order valence-electron chi connectivity index (χ3n) is 2.71. The topological polar surface area (TPSA) is 62.6 Å². The van der Waals surface area contributed by atoms with E-state index in [2.05, 4.69) is 0 Å². The smallest absolute Gasteiger partial charge is 0.401 e. The lowest BCUT2D eigenvalue weighted by Gasteiger charge is -2.32. The molecule has 1 aromatic heterocycles. The molecule has 0 aromatic carbocycles. The maximum Gasteiger partial charge on any atom is 0.401 e. The molecule has 0 spiro atoms. The van der Waals surface area contributed by atoms with Gasteiger partial charge in [0.05, 0.1) is 19.2 Å². The summed E-state index contributed by atoms with van der Waals surface area (Å²) in [5.41, 5.74) is 5.78. The Bertz CT molecular complexity index is 391. The lowest BCUT2D eigenvalue weighted by molar-refractivity contribution is -0.153. The Balaban J connectivity index is 2.99. The number of halogens is 3. The van der Waals surface area contributed by atoms with Crippen LogP contribution >= 0.6 is 0 Å². The molecule has 2 atom stereocenters. The van der Waals surface area contributed by atoms with Gasteiger partial charge in [-0.25, -0.2) is 0 Å². The van der Waals surface area contributed by atoms with Crippen molar-refractivity contribution < 1.29 is 22.7 Å². The minimum Gasteiger partial charge on any atom is -0.465 e. The SMILES string of the molecule is Cc1ccc(C(C(C)N)N(CCO)CC(F)(F)F)o1. The predicted octanol–water partition coefficient (Wildman–Crippen LogP) is 1.83. The molecule has 0 amide bonds. The molecule has 0 aliphatic rings. The van der Waals surface area contributed by atoms with Crippen molar-refractivity contribution in [2.75, 3.05) is 19.7 Å². The highest BCUT2D eigenvalue weighted by Gasteiger charge is 2.36. The first-order valence-corrected chi connectivity index (χ1v) is 5.98. The third kappa shape index (κ3) is 4.85. The number of rotatable bonds is 6. The van der Waals surface area contributed by atoms with E-state index in [4.69, 9.17) is 15.3 Å². The lowest BCUT2D eigenvalue weighted by Crippen LogP contribution is -2.45. The van der Waals surface area contributed by atoms with E-state index in [1.54, 1.807) is 26.0 Å². The third-order valence-corrected chi connectivity index (χ3v) is 2.71. The van der Waals surface area contributed by atoms with Crippen LogP contribution in [0.2, 0.25) is 0 Å². The van der Waals surface area contributed by atoms with E-state index < -0.39 is 24.8 Å². The molecule has 0 radical (unpaired) electrons. The highest BCUT2D eigenvalue weighted by Crippen LogP contribution is 2.28. The summed E-state index contributed by atoms with van der Waals surface area (Å²) < 4.78 is 43.1. The maximum absolute atomic E-state index is 12.6. The molecule has 0 saturated heterocycles. The quantitative estimate of drug-likeness (QED) is 0.834. The zero-order valence-corrected chi connectivity index (χ0v) is 10.9. The zero-order chi connectivity index (χ0) is 14.6. The van der Waals surface area contributed by atoms with Crippen LogP contribution < -0.4 is 5.73 Å². The van der Waals surface area contributed by atoms with Crippen molar-refractivity contribution in [1.29, 1.82) is 0 Å².